The summed E-state index contributed by atoms with van der Waals surface area (Å²) in [6.45, 7) is -0.198. The van der Waals surface area contributed by atoms with E-state index in [1.165, 1.54) is 0 Å². The summed E-state index contributed by atoms with van der Waals surface area (Å²) in [5.41, 5.74) is 0.471. The molecular weight excluding hydrogens is 236 g/mol. The van der Waals surface area contributed by atoms with Gasteiger partial charge in [0.25, 0.3) is 0 Å². The third-order valence-corrected chi connectivity index (χ3v) is 2.83. The van der Waals surface area contributed by atoms with Crippen molar-refractivity contribution in [1.29, 1.82) is 0 Å². The summed E-state index contributed by atoms with van der Waals surface area (Å²) in [6.07, 6.45) is -1.29. The van der Waals surface area contributed by atoms with E-state index in [4.69, 9.17) is 14.6 Å². The average molecular weight is 252 g/mol. The Morgan fingerprint density at radius 3 is 2.72 bits per heavy atom. The van der Waals surface area contributed by atoms with Crippen molar-refractivity contribution in [3.8, 4) is 0 Å². The number of ether oxygens (including phenoxy) is 2. The van der Waals surface area contributed by atoms with Crippen LogP contribution in [0, 0.1) is 0 Å². The maximum atomic E-state index is 11.8. The molecule has 0 radical (unpaired) electrons. The fourth-order valence-corrected chi connectivity index (χ4v) is 1.96. The first kappa shape index (κ1) is 13.0. The largest absolute Gasteiger partial charge is 0.458 e. The van der Waals surface area contributed by atoms with Gasteiger partial charge in [-0.3, -0.25) is 0 Å². The van der Waals surface area contributed by atoms with Gasteiger partial charge in [0, 0.05) is 12.8 Å². The van der Waals surface area contributed by atoms with Crippen LogP contribution < -0.4 is 0 Å². The maximum absolute atomic E-state index is 11.8. The Bertz CT molecular complexity index is 392. The highest BCUT2D eigenvalue weighted by Gasteiger charge is 2.30. The highest BCUT2D eigenvalue weighted by molar-refractivity contribution is 5.89. The Hall–Kier alpha value is -1.43. The molecule has 0 spiro atoms. The number of carbonyl (C=O) groups excluding carboxylic acids is 1. The van der Waals surface area contributed by atoms with Gasteiger partial charge in [0.1, 0.15) is 6.10 Å². The minimum Gasteiger partial charge on any atom is -0.458 e. The van der Waals surface area contributed by atoms with Gasteiger partial charge in [-0.15, -0.1) is 0 Å². The highest BCUT2D eigenvalue weighted by Crippen LogP contribution is 2.21. The van der Waals surface area contributed by atoms with Crippen molar-refractivity contribution < 1.29 is 24.5 Å². The van der Waals surface area contributed by atoms with E-state index in [0.717, 1.165) is 0 Å². The number of benzene rings is 1. The van der Waals surface area contributed by atoms with Gasteiger partial charge in [-0.25, -0.2) is 4.79 Å². The monoisotopic (exact) mass is 252 g/mol. The summed E-state index contributed by atoms with van der Waals surface area (Å²) in [5, 5.41) is 18.4. The molecule has 3 atom stereocenters. The predicted molar refractivity (Wildman–Crippen MR) is 62.8 cm³/mol. The van der Waals surface area contributed by atoms with Crippen molar-refractivity contribution in [2.24, 2.45) is 0 Å². The van der Waals surface area contributed by atoms with Gasteiger partial charge in [0.05, 0.1) is 18.3 Å². The second-order valence-electron chi connectivity index (χ2n) is 4.26. The number of aliphatic hydroxyl groups excluding tert-OH is 2. The molecule has 1 saturated heterocycles. The van der Waals surface area contributed by atoms with E-state index in [1.54, 1.807) is 24.3 Å². The lowest BCUT2D eigenvalue weighted by molar-refractivity contribution is -0.197. The molecule has 0 aromatic heterocycles. The van der Waals surface area contributed by atoms with Crippen molar-refractivity contribution >= 4 is 5.97 Å². The molecule has 2 N–H and O–H groups in total. The number of rotatable bonds is 3. The van der Waals surface area contributed by atoms with Crippen LogP contribution in [0.3, 0.4) is 0 Å². The van der Waals surface area contributed by atoms with Gasteiger partial charge in [-0.1, -0.05) is 18.2 Å². The first-order valence-electron chi connectivity index (χ1n) is 5.89. The van der Waals surface area contributed by atoms with Crippen LogP contribution in [-0.4, -0.2) is 41.3 Å². The zero-order valence-electron chi connectivity index (χ0n) is 9.86. The fraction of sp³-hybridized carbons (Fsp3) is 0.462. The van der Waals surface area contributed by atoms with Crippen LogP contribution in [0.1, 0.15) is 23.2 Å². The van der Waals surface area contributed by atoms with Gasteiger partial charge in [0.2, 0.25) is 0 Å². The van der Waals surface area contributed by atoms with Crippen LogP contribution in [0.25, 0.3) is 0 Å². The molecule has 1 aliphatic rings. The number of aliphatic hydroxyl groups is 2. The number of carbonyl (C=O) groups is 1. The van der Waals surface area contributed by atoms with E-state index in [-0.39, 0.29) is 13.0 Å². The smallest absolute Gasteiger partial charge is 0.338 e. The molecule has 0 bridgehead atoms. The molecule has 1 heterocycles. The summed E-state index contributed by atoms with van der Waals surface area (Å²) >= 11 is 0. The minimum atomic E-state index is -0.996. The number of esters is 1. The van der Waals surface area contributed by atoms with Gasteiger partial charge < -0.3 is 19.7 Å². The average Bonchev–Trinajstić information content (AvgIpc) is 2.39. The fourth-order valence-electron chi connectivity index (χ4n) is 1.96. The van der Waals surface area contributed by atoms with Crippen LogP contribution >= 0.6 is 0 Å². The molecule has 18 heavy (non-hydrogen) atoms. The molecule has 5 nitrogen and oxygen atoms in total. The molecule has 0 amide bonds. The zero-order valence-corrected chi connectivity index (χ0v) is 9.86. The molecule has 1 aromatic rings. The first-order chi connectivity index (χ1) is 8.69. The van der Waals surface area contributed by atoms with E-state index in [0.29, 0.717) is 12.0 Å². The topological polar surface area (TPSA) is 76.0 Å². The molecule has 0 saturated carbocycles. The van der Waals surface area contributed by atoms with Gasteiger partial charge in [0.15, 0.2) is 6.29 Å². The summed E-state index contributed by atoms with van der Waals surface area (Å²) in [5.74, 6) is -0.425. The Balaban J connectivity index is 1.95. The molecule has 0 unspecified atom stereocenters. The van der Waals surface area contributed by atoms with Crippen LogP contribution in [0.5, 0.6) is 0 Å². The standard InChI is InChI=1S/C13H16O5/c14-8-11-6-10(7-12(15)17-11)18-13(16)9-4-2-1-3-5-9/h1-5,10-12,14-15H,6-8H2/t10-,11-,12+/m0/s1. The van der Waals surface area contributed by atoms with Gasteiger partial charge in [-0.2, -0.15) is 0 Å². The van der Waals surface area contributed by atoms with Crippen LogP contribution in [-0.2, 0) is 9.47 Å². The van der Waals surface area contributed by atoms with Crippen LogP contribution in [0.2, 0.25) is 0 Å². The van der Waals surface area contributed by atoms with Crippen molar-refractivity contribution in [3.05, 3.63) is 35.9 Å². The van der Waals surface area contributed by atoms with Crippen molar-refractivity contribution in [3.63, 3.8) is 0 Å². The lowest BCUT2D eigenvalue weighted by Gasteiger charge is -2.31. The van der Waals surface area contributed by atoms with Crippen LogP contribution in [0.15, 0.2) is 30.3 Å². The van der Waals surface area contributed by atoms with E-state index in [1.807, 2.05) is 6.07 Å². The van der Waals surface area contributed by atoms with Crippen molar-refractivity contribution in [2.45, 2.75) is 31.3 Å². The predicted octanol–water partition coefficient (Wildman–Crippen LogP) is 0.702. The van der Waals surface area contributed by atoms with E-state index in [9.17, 15) is 9.90 Å². The Kier molecular flexibility index (Phi) is 4.30. The third-order valence-electron chi connectivity index (χ3n) is 2.83. The summed E-state index contributed by atoms with van der Waals surface area (Å²) in [7, 11) is 0. The van der Waals surface area contributed by atoms with E-state index in [2.05, 4.69) is 0 Å². The normalized spacial score (nSPS) is 27.8. The minimum absolute atomic E-state index is 0.198. The van der Waals surface area contributed by atoms with E-state index >= 15 is 0 Å². The molecule has 0 aliphatic carbocycles. The van der Waals surface area contributed by atoms with Gasteiger partial charge >= 0.3 is 5.97 Å². The molecule has 1 fully saturated rings. The molecule has 1 aliphatic heterocycles. The van der Waals surface area contributed by atoms with E-state index < -0.39 is 24.5 Å². The number of hydrogen-bond donors (Lipinski definition) is 2. The first-order valence-corrected chi connectivity index (χ1v) is 5.89. The second-order valence-corrected chi connectivity index (χ2v) is 4.26. The van der Waals surface area contributed by atoms with Gasteiger partial charge in [-0.05, 0) is 12.1 Å². The van der Waals surface area contributed by atoms with Crippen molar-refractivity contribution in [2.75, 3.05) is 6.61 Å². The summed E-state index contributed by atoms with van der Waals surface area (Å²) in [4.78, 5) is 11.8. The summed E-state index contributed by atoms with van der Waals surface area (Å²) < 4.78 is 10.4. The third kappa shape index (κ3) is 3.29. The Morgan fingerprint density at radius 2 is 2.06 bits per heavy atom. The highest BCUT2D eigenvalue weighted by atomic mass is 16.6. The summed E-state index contributed by atoms with van der Waals surface area (Å²) in [6, 6.07) is 8.66. The second kappa shape index (κ2) is 5.95. The van der Waals surface area contributed by atoms with Crippen LogP contribution in [0.4, 0.5) is 0 Å². The maximum Gasteiger partial charge on any atom is 0.338 e. The SMILES string of the molecule is O=C(O[C@H]1C[C@@H](CO)O[C@@H](O)C1)c1ccccc1. The lowest BCUT2D eigenvalue weighted by atomic mass is 10.1. The zero-order chi connectivity index (χ0) is 13.0. The lowest BCUT2D eigenvalue weighted by Crippen LogP contribution is -2.39. The molecule has 1 aromatic carbocycles. The quantitative estimate of drug-likeness (QED) is 0.774. The Morgan fingerprint density at radius 1 is 1.33 bits per heavy atom. The molecule has 98 valence electrons. The molecular formula is C13H16O5. The van der Waals surface area contributed by atoms with Crippen molar-refractivity contribution in [1.82, 2.24) is 0 Å². The number of hydrogen-bond acceptors (Lipinski definition) is 5. The Labute approximate surface area is 105 Å². The molecule has 2 rings (SSSR count). The molecule has 5 heteroatoms.